The van der Waals surface area contributed by atoms with E-state index in [9.17, 15) is 4.79 Å². The van der Waals surface area contributed by atoms with Crippen LogP contribution in [-0.2, 0) is 0 Å². The van der Waals surface area contributed by atoms with Crippen LogP contribution in [0.5, 0.6) is 5.75 Å². The Morgan fingerprint density at radius 3 is 2.67 bits per heavy atom. The zero-order chi connectivity index (χ0) is 13.0. The Balaban J connectivity index is 2.24. The van der Waals surface area contributed by atoms with Crippen LogP contribution >= 0.6 is 0 Å². The first-order valence-electron chi connectivity index (χ1n) is 5.23. The number of nitrogen functional groups attached to an aromatic ring is 1. The maximum atomic E-state index is 12.0. The molecule has 2 aromatic rings. The predicted octanol–water partition coefficient (Wildman–Crippen LogP) is 1.32. The lowest BCUT2D eigenvalue weighted by molar-refractivity contribution is 0.102. The Kier molecular flexibility index (Phi) is 3.38. The van der Waals surface area contributed by atoms with Gasteiger partial charge in [0.1, 0.15) is 5.75 Å². The van der Waals surface area contributed by atoms with Gasteiger partial charge in [-0.25, -0.2) is 9.97 Å². The van der Waals surface area contributed by atoms with E-state index in [1.807, 2.05) is 0 Å². The lowest BCUT2D eigenvalue weighted by Gasteiger charge is -2.09. The lowest BCUT2D eigenvalue weighted by Crippen LogP contribution is -2.16. The summed E-state index contributed by atoms with van der Waals surface area (Å²) in [7, 11) is 1.49. The maximum Gasteiger partial charge on any atom is 0.260 e. The van der Waals surface area contributed by atoms with Gasteiger partial charge < -0.3 is 10.5 Å². The third-order valence-corrected chi connectivity index (χ3v) is 2.32. The SMILES string of the molecule is COc1cccc(C(=O)Nc2ncccn2)c1N. The minimum atomic E-state index is -0.377. The molecule has 0 radical (unpaired) electrons. The quantitative estimate of drug-likeness (QED) is 0.795. The number of anilines is 2. The molecule has 18 heavy (non-hydrogen) atoms. The van der Waals surface area contributed by atoms with Crippen LogP contribution in [0.15, 0.2) is 36.7 Å². The minimum absolute atomic E-state index is 0.227. The molecule has 6 nitrogen and oxygen atoms in total. The van der Waals surface area contributed by atoms with Gasteiger partial charge in [0.25, 0.3) is 5.91 Å². The number of ether oxygens (including phenoxy) is 1. The zero-order valence-corrected chi connectivity index (χ0v) is 9.75. The fraction of sp³-hybridized carbons (Fsp3) is 0.0833. The number of amides is 1. The van der Waals surface area contributed by atoms with Crippen LogP contribution in [0, 0.1) is 0 Å². The minimum Gasteiger partial charge on any atom is -0.495 e. The molecule has 0 aliphatic heterocycles. The van der Waals surface area contributed by atoms with Crippen molar-refractivity contribution in [3.8, 4) is 5.75 Å². The highest BCUT2D eigenvalue weighted by Crippen LogP contribution is 2.25. The highest BCUT2D eigenvalue weighted by molar-refractivity contribution is 6.07. The number of carbonyl (C=O) groups is 1. The van der Waals surface area contributed by atoms with Crippen LogP contribution in [0.4, 0.5) is 11.6 Å². The number of methoxy groups -OCH3 is 1. The van der Waals surface area contributed by atoms with E-state index in [0.717, 1.165) is 0 Å². The molecule has 3 N–H and O–H groups in total. The molecule has 1 aromatic carbocycles. The van der Waals surface area contributed by atoms with Crippen molar-refractivity contribution in [3.63, 3.8) is 0 Å². The number of nitrogens with two attached hydrogens (primary N) is 1. The topological polar surface area (TPSA) is 90.1 Å². The van der Waals surface area contributed by atoms with Gasteiger partial charge in [0.2, 0.25) is 5.95 Å². The Morgan fingerprint density at radius 2 is 2.00 bits per heavy atom. The first kappa shape index (κ1) is 11.8. The summed E-state index contributed by atoms with van der Waals surface area (Å²) in [6.45, 7) is 0. The molecule has 1 heterocycles. The summed E-state index contributed by atoms with van der Waals surface area (Å²) >= 11 is 0. The largest absolute Gasteiger partial charge is 0.495 e. The number of benzene rings is 1. The van der Waals surface area contributed by atoms with Gasteiger partial charge in [0, 0.05) is 12.4 Å². The van der Waals surface area contributed by atoms with Crippen molar-refractivity contribution in [2.24, 2.45) is 0 Å². The molecule has 92 valence electrons. The summed E-state index contributed by atoms with van der Waals surface area (Å²) < 4.78 is 5.05. The smallest absolute Gasteiger partial charge is 0.260 e. The number of rotatable bonds is 3. The number of hydrogen-bond acceptors (Lipinski definition) is 5. The monoisotopic (exact) mass is 244 g/mol. The number of carbonyl (C=O) groups excluding carboxylic acids is 1. The number of nitrogens with zero attached hydrogens (tertiary/aromatic N) is 2. The van der Waals surface area contributed by atoms with E-state index in [4.69, 9.17) is 10.5 Å². The van der Waals surface area contributed by atoms with Crippen LogP contribution < -0.4 is 15.8 Å². The number of aromatic nitrogens is 2. The fourth-order valence-electron chi connectivity index (χ4n) is 1.45. The van der Waals surface area contributed by atoms with E-state index < -0.39 is 0 Å². The van der Waals surface area contributed by atoms with E-state index in [1.165, 1.54) is 19.5 Å². The average molecular weight is 244 g/mol. The molecule has 0 saturated heterocycles. The van der Waals surface area contributed by atoms with Crippen molar-refractivity contribution in [3.05, 3.63) is 42.2 Å². The Bertz CT molecular complexity index is 557. The van der Waals surface area contributed by atoms with Crippen molar-refractivity contribution in [1.29, 1.82) is 0 Å². The lowest BCUT2D eigenvalue weighted by atomic mass is 10.1. The summed E-state index contributed by atoms with van der Waals surface area (Å²) in [4.78, 5) is 19.8. The molecule has 0 fully saturated rings. The van der Waals surface area contributed by atoms with Gasteiger partial charge in [-0.2, -0.15) is 0 Å². The molecule has 0 atom stereocenters. The van der Waals surface area contributed by atoms with E-state index >= 15 is 0 Å². The van der Waals surface area contributed by atoms with E-state index in [-0.39, 0.29) is 17.5 Å². The standard InChI is InChI=1S/C12H12N4O2/c1-18-9-5-2-4-8(10(9)13)11(17)16-12-14-6-3-7-15-12/h2-7H,13H2,1H3,(H,14,15,16,17). The van der Waals surface area contributed by atoms with Gasteiger partial charge in [-0.05, 0) is 18.2 Å². The second-order valence-corrected chi connectivity index (χ2v) is 3.45. The molecule has 6 heteroatoms. The molecule has 0 aliphatic rings. The van der Waals surface area contributed by atoms with Gasteiger partial charge in [-0.3, -0.25) is 10.1 Å². The molecular formula is C12H12N4O2. The van der Waals surface area contributed by atoms with Crippen molar-refractivity contribution in [2.45, 2.75) is 0 Å². The van der Waals surface area contributed by atoms with Crippen LogP contribution in [-0.4, -0.2) is 23.0 Å². The fourth-order valence-corrected chi connectivity index (χ4v) is 1.45. The summed E-state index contributed by atoms with van der Waals surface area (Å²) in [5.74, 6) is 0.305. The molecule has 0 spiro atoms. The summed E-state index contributed by atoms with van der Waals surface area (Å²) in [6, 6.07) is 6.65. The van der Waals surface area contributed by atoms with Gasteiger partial charge in [-0.1, -0.05) is 6.07 Å². The first-order chi connectivity index (χ1) is 8.72. The second kappa shape index (κ2) is 5.13. The Hall–Kier alpha value is -2.63. The number of para-hydroxylation sites is 1. The van der Waals surface area contributed by atoms with E-state index in [0.29, 0.717) is 11.3 Å². The molecule has 1 aromatic heterocycles. The molecule has 2 rings (SSSR count). The third kappa shape index (κ3) is 2.37. The Labute approximate surface area is 104 Å². The molecule has 0 unspecified atom stereocenters. The Morgan fingerprint density at radius 1 is 1.28 bits per heavy atom. The number of hydrogen-bond donors (Lipinski definition) is 2. The normalized spacial score (nSPS) is 9.83. The average Bonchev–Trinajstić information content (AvgIpc) is 2.40. The second-order valence-electron chi connectivity index (χ2n) is 3.45. The molecule has 0 bridgehead atoms. The van der Waals surface area contributed by atoms with Crippen LogP contribution in [0.25, 0.3) is 0 Å². The van der Waals surface area contributed by atoms with Crippen LogP contribution in [0.2, 0.25) is 0 Å². The van der Waals surface area contributed by atoms with Crippen molar-refractivity contribution in [2.75, 3.05) is 18.2 Å². The highest BCUT2D eigenvalue weighted by atomic mass is 16.5. The van der Waals surface area contributed by atoms with Crippen LogP contribution in [0.3, 0.4) is 0 Å². The summed E-state index contributed by atoms with van der Waals surface area (Å²) in [6.07, 6.45) is 3.08. The van der Waals surface area contributed by atoms with Gasteiger partial charge in [0.15, 0.2) is 0 Å². The van der Waals surface area contributed by atoms with Crippen LogP contribution in [0.1, 0.15) is 10.4 Å². The third-order valence-electron chi connectivity index (χ3n) is 2.32. The van der Waals surface area contributed by atoms with Gasteiger partial charge in [0.05, 0.1) is 18.4 Å². The predicted molar refractivity (Wildman–Crippen MR) is 67.4 cm³/mol. The molecule has 1 amide bonds. The van der Waals surface area contributed by atoms with Crippen molar-refractivity contribution < 1.29 is 9.53 Å². The van der Waals surface area contributed by atoms with Gasteiger partial charge >= 0.3 is 0 Å². The summed E-state index contributed by atoms with van der Waals surface area (Å²) in [5, 5.41) is 2.55. The highest BCUT2D eigenvalue weighted by Gasteiger charge is 2.13. The molecule has 0 aliphatic carbocycles. The zero-order valence-electron chi connectivity index (χ0n) is 9.75. The first-order valence-corrected chi connectivity index (χ1v) is 5.23. The maximum absolute atomic E-state index is 12.0. The number of nitrogens with one attached hydrogen (secondary N) is 1. The van der Waals surface area contributed by atoms with Gasteiger partial charge in [-0.15, -0.1) is 0 Å². The molecule has 0 saturated carbocycles. The van der Waals surface area contributed by atoms with Crippen molar-refractivity contribution in [1.82, 2.24) is 9.97 Å². The van der Waals surface area contributed by atoms with Crippen molar-refractivity contribution >= 4 is 17.5 Å². The summed E-state index contributed by atoms with van der Waals surface area (Å²) in [5.41, 5.74) is 6.43. The molecular weight excluding hydrogens is 232 g/mol. The van der Waals surface area contributed by atoms with E-state index in [1.54, 1.807) is 24.3 Å². The van der Waals surface area contributed by atoms with E-state index in [2.05, 4.69) is 15.3 Å².